The summed E-state index contributed by atoms with van der Waals surface area (Å²) in [5, 5.41) is 3.98. The van der Waals surface area contributed by atoms with Gasteiger partial charge in [-0.25, -0.2) is 0 Å². The van der Waals surface area contributed by atoms with Gasteiger partial charge in [0, 0.05) is 23.2 Å². The second kappa shape index (κ2) is 7.66. The third kappa shape index (κ3) is 7.36. The van der Waals surface area contributed by atoms with Gasteiger partial charge in [0.15, 0.2) is 0 Å². The lowest BCUT2D eigenvalue weighted by Gasteiger charge is -2.16. The Kier molecular flexibility index (Phi) is 7.83. The fourth-order valence-corrected chi connectivity index (χ4v) is 1.32. The Bertz CT molecular complexity index is 157. The lowest BCUT2D eigenvalue weighted by Crippen LogP contribution is -2.28. The average molecular weight is 224 g/mol. The molecule has 0 aliphatic carbocycles. The third-order valence-corrected chi connectivity index (χ3v) is 2.81. The maximum absolute atomic E-state index is 5.75. The summed E-state index contributed by atoms with van der Waals surface area (Å²) in [5.74, 6) is 0.765. The fraction of sp³-hybridized carbons (Fsp3) is 0.800. The summed E-state index contributed by atoms with van der Waals surface area (Å²) in [6.45, 7) is 7.31. The fourth-order valence-electron chi connectivity index (χ4n) is 1.16. The molecule has 0 rings (SSSR count). The van der Waals surface area contributed by atoms with Crippen LogP contribution in [-0.2, 0) is 0 Å². The first kappa shape index (κ1) is 13.3. The van der Waals surface area contributed by atoms with Gasteiger partial charge in [0.05, 0.1) is 0 Å². The smallest absolute Gasteiger partial charge is 0.0431 e. The molecule has 0 aromatic heterocycles. The molecule has 0 aliphatic heterocycles. The first-order chi connectivity index (χ1) is 6.10. The van der Waals surface area contributed by atoms with Gasteiger partial charge in [-0.2, -0.15) is 0 Å². The van der Waals surface area contributed by atoms with E-state index < -0.39 is 0 Å². The minimum absolute atomic E-state index is 0.500. The van der Waals surface area contributed by atoms with Crippen molar-refractivity contribution >= 4 is 23.2 Å². The van der Waals surface area contributed by atoms with E-state index in [0.29, 0.717) is 17.6 Å². The molecule has 0 aromatic rings. The van der Waals surface area contributed by atoms with Crippen molar-refractivity contribution in [2.75, 3.05) is 6.54 Å². The molecule has 13 heavy (non-hydrogen) atoms. The van der Waals surface area contributed by atoms with E-state index in [4.69, 9.17) is 23.2 Å². The summed E-state index contributed by atoms with van der Waals surface area (Å²) in [7, 11) is 0. The molecular weight excluding hydrogens is 205 g/mol. The lowest BCUT2D eigenvalue weighted by molar-refractivity contribution is 0.423. The number of rotatable bonds is 6. The molecule has 0 aliphatic rings. The van der Waals surface area contributed by atoms with Crippen molar-refractivity contribution in [2.24, 2.45) is 5.92 Å². The van der Waals surface area contributed by atoms with Crippen LogP contribution >= 0.6 is 23.2 Å². The molecular formula is C10H19Cl2N. The molecule has 0 saturated heterocycles. The standard InChI is InChI=1S/C10H19Cl2N/c1-4-8(2)5-9(3)13-7-10(12)6-11/h6,8-9,13H,4-5,7H2,1-3H3. The van der Waals surface area contributed by atoms with Crippen molar-refractivity contribution in [3.8, 4) is 0 Å². The average Bonchev–Trinajstić information content (AvgIpc) is 2.13. The van der Waals surface area contributed by atoms with Crippen molar-refractivity contribution in [3.05, 3.63) is 10.6 Å². The van der Waals surface area contributed by atoms with Gasteiger partial charge in [-0.15, -0.1) is 0 Å². The highest BCUT2D eigenvalue weighted by Crippen LogP contribution is 2.10. The molecule has 0 heterocycles. The van der Waals surface area contributed by atoms with Crippen molar-refractivity contribution < 1.29 is 0 Å². The molecule has 0 fully saturated rings. The number of nitrogens with one attached hydrogen (secondary N) is 1. The SMILES string of the molecule is CCC(C)CC(C)NCC(Cl)=CCl. The van der Waals surface area contributed by atoms with Gasteiger partial charge in [-0.05, 0) is 19.3 Å². The molecule has 0 amide bonds. The van der Waals surface area contributed by atoms with Crippen LogP contribution in [0.15, 0.2) is 10.6 Å². The van der Waals surface area contributed by atoms with Gasteiger partial charge >= 0.3 is 0 Å². The summed E-state index contributed by atoms with van der Waals surface area (Å²) in [6, 6.07) is 0.500. The van der Waals surface area contributed by atoms with Crippen LogP contribution in [0.1, 0.15) is 33.6 Å². The predicted molar refractivity (Wildman–Crippen MR) is 61.3 cm³/mol. The highest BCUT2D eigenvalue weighted by Gasteiger charge is 2.06. The molecule has 1 nitrogen and oxygen atoms in total. The van der Waals surface area contributed by atoms with Gasteiger partial charge in [-0.3, -0.25) is 0 Å². The van der Waals surface area contributed by atoms with Crippen LogP contribution in [0.4, 0.5) is 0 Å². The number of hydrogen-bond donors (Lipinski definition) is 1. The van der Waals surface area contributed by atoms with Crippen LogP contribution in [-0.4, -0.2) is 12.6 Å². The van der Waals surface area contributed by atoms with E-state index in [9.17, 15) is 0 Å². The maximum atomic E-state index is 5.75. The van der Waals surface area contributed by atoms with E-state index in [0.717, 1.165) is 5.92 Å². The third-order valence-electron chi connectivity index (χ3n) is 2.19. The topological polar surface area (TPSA) is 12.0 Å². The van der Waals surface area contributed by atoms with E-state index in [2.05, 4.69) is 26.1 Å². The Morgan fingerprint density at radius 3 is 2.54 bits per heavy atom. The van der Waals surface area contributed by atoms with E-state index >= 15 is 0 Å². The van der Waals surface area contributed by atoms with E-state index in [1.807, 2.05) is 0 Å². The molecule has 78 valence electrons. The molecule has 0 aromatic carbocycles. The summed E-state index contributed by atoms with van der Waals surface area (Å²) < 4.78 is 0. The molecule has 0 radical (unpaired) electrons. The first-order valence-corrected chi connectivity index (χ1v) is 5.59. The summed E-state index contributed by atoms with van der Waals surface area (Å²) in [4.78, 5) is 0. The Morgan fingerprint density at radius 1 is 1.46 bits per heavy atom. The minimum atomic E-state index is 0.500. The molecule has 0 saturated carbocycles. The Labute approximate surface area is 91.5 Å². The van der Waals surface area contributed by atoms with Crippen molar-refractivity contribution in [2.45, 2.75) is 39.7 Å². The van der Waals surface area contributed by atoms with Gasteiger partial charge in [-0.1, -0.05) is 43.5 Å². The van der Waals surface area contributed by atoms with Crippen LogP contribution < -0.4 is 5.32 Å². The summed E-state index contributed by atoms with van der Waals surface area (Å²) in [5.41, 5.74) is 1.41. The van der Waals surface area contributed by atoms with Crippen molar-refractivity contribution in [3.63, 3.8) is 0 Å². The second-order valence-electron chi connectivity index (χ2n) is 3.59. The zero-order valence-corrected chi connectivity index (χ0v) is 10.1. The van der Waals surface area contributed by atoms with Gasteiger partial charge in [0.1, 0.15) is 0 Å². The van der Waals surface area contributed by atoms with Gasteiger partial charge in [0.25, 0.3) is 0 Å². The number of hydrogen-bond acceptors (Lipinski definition) is 1. The Balaban J connectivity index is 3.57. The van der Waals surface area contributed by atoms with Gasteiger partial charge in [0.2, 0.25) is 0 Å². The second-order valence-corrected chi connectivity index (χ2v) is 4.29. The molecule has 2 atom stereocenters. The van der Waals surface area contributed by atoms with Crippen LogP contribution in [0.25, 0.3) is 0 Å². The van der Waals surface area contributed by atoms with Crippen LogP contribution in [0.5, 0.6) is 0 Å². The molecule has 0 spiro atoms. The zero-order valence-electron chi connectivity index (χ0n) is 8.61. The quantitative estimate of drug-likeness (QED) is 0.725. The summed E-state index contributed by atoms with van der Waals surface area (Å²) in [6.07, 6.45) is 2.41. The molecule has 2 unspecified atom stereocenters. The van der Waals surface area contributed by atoms with Crippen LogP contribution in [0, 0.1) is 5.92 Å². The maximum Gasteiger partial charge on any atom is 0.0431 e. The highest BCUT2D eigenvalue weighted by atomic mass is 35.5. The predicted octanol–water partition coefficient (Wildman–Crippen LogP) is 3.72. The highest BCUT2D eigenvalue weighted by molar-refractivity contribution is 6.36. The normalized spacial score (nSPS) is 17.2. The van der Waals surface area contributed by atoms with Crippen LogP contribution in [0.3, 0.4) is 0 Å². The van der Waals surface area contributed by atoms with Crippen molar-refractivity contribution in [1.29, 1.82) is 0 Å². The zero-order chi connectivity index (χ0) is 10.3. The molecule has 3 heteroatoms. The van der Waals surface area contributed by atoms with E-state index in [1.54, 1.807) is 0 Å². The van der Waals surface area contributed by atoms with Crippen LogP contribution in [0.2, 0.25) is 0 Å². The van der Waals surface area contributed by atoms with E-state index in [1.165, 1.54) is 18.4 Å². The minimum Gasteiger partial charge on any atom is -0.309 e. The molecule has 1 N–H and O–H groups in total. The summed E-state index contributed by atoms with van der Waals surface area (Å²) >= 11 is 11.2. The van der Waals surface area contributed by atoms with E-state index in [-0.39, 0.29) is 0 Å². The first-order valence-electron chi connectivity index (χ1n) is 4.78. The number of halogens is 2. The van der Waals surface area contributed by atoms with Crippen molar-refractivity contribution in [1.82, 2.24) is 5.32 Å². The molecule has 0 bridgehead atoms. The lowest BCUT2D eigenvalue weighted by atomic mass is 10.0. The van der Waals surface area contributed by atoms with Gasteiger partial charge < -0.3 is 5.32 Å². The monoisotopic (exact) mass is 223 g/mol. The largest absolute Gasteiger partial charge is 0.309 e. The Hall–Kier alpha value is 0.280. The Morgan fingerprint density at radius 2 is 2.08 bits per heavy atom.